The molecule has 0 bridgehead atoms. The summed E-state index contributed by atoms with van der Waals surface area (Å²) in [5.74, 6) is 1.63. The summed E-state index contributed by atoms with van der Waals surface area (Å²) in [4.78, 5) is 8.41. The van der Waals surface area contributed by atoms with Crippen LogP contribution in [0.5, 0.6) is 0 Å². The van der Waals surface area contributed by atoms with Crippen molar-refractivity contribution in [3.05, 3.63) is 47.5 Å². The van der Waals surface area contributed by atoms with E-state index in [-0.39, 0.29) is 0 Å². The second kappa shape index (κ2) is 5.58. The van der Waals surface area contributed by atoms with Crippen molar-refractivity contribution < 1.29 is 0 Å². The summed E-state index contributed by atoms with van der Waals surface area (Å²) in [5, 5.41) is 9.27. The zero-order valence-corrected chi connectivity index (χ0v) is 12.3. The molecule has 0 aliphatic rings. The summed E-state index contributed by atoms with van der Waals surface area (Å²) in [7, 11) is 0. The highest BCUT2D eigenvalue weighted by Gasteiger charge is 2.09. The predicted octanol–water partition coefficient (Wildman–Crippen LogP) is 2.47. The van der Waals surface area contributed by atoms with Gasteiger partial charge in [0.05, 0.1) is 0 Å². The highest BCUT2D eigenvalue weighted by Crippen LogP contribution is 2.19. The Bertz CT molecular complexity index is 723. The van der Waals surface area contributed by atoms with Crippen molar-refractivity contribution in [3.63, 3.8) is 0 Å². The highest BCUT2D eigenvalue weighted by molar-refractivity contribution is 7.99. The van der Waals surface area contributed by atoms with Gasteiger partial charge in [-0.25, -0.2) is 4.98 Å². The van der Waals surface area contributed by atoms with Gasteiger partial charge >= 0.3 is 0 Å². The Balaban J connectivity index is 1.75. The molecule has 3 heterocycles. The van der Waals surface area contributed by atoms with Gasteiger partial charge in [-0.1, -0.05) is 11.8 Å². The van der Waals surface area contributed by atoms with E-state index >= 15 is 0 Å². The summed E-state index contributed by atoms with van der Waals surface area (Å²) in [6, 6.07) is 6.13. The first-order chi connectivity index (χ1) is 9.74. The average Bonchev–Trinajstić information content (AvgIpc) is 2.83. The van der Waals surface area contributed by atoms with Crippen molar-refractivity contribution in [2.45, 2.75) is 25.4 Å². The first-order valence-electron chi connectivity index (χ1n) is 6.45. The minimum Gasteiger partial charge on any atom is -0.265 e. The fraction of sp³-hybridized carbons (Fsp3) is 0.286. The third kappa shape index (κ3) is 2.65. The van der Waals surface area contributed by atoms with Crippen molar-refractivity contribution in [1.82, 2.24) is 24.6 Å². The molecule has 0 aliphatic carbocycles. The van der Waals surface area contributed by atoms with Crippen molar-refractivity contribution in [3.8, 4) is 0 Å². The van der Waals surface area contributed by atoms with Crippen LogP contribution in [0.15, 0.2) is 35.7 Å². The van der Waals surface area contributed by atoms with E-state index in [9.17, 15) is 0 Å². The lowest BCUT2D eigenvalue weighted by molar-refractivity contribution is 0.885. The number of rotatable bonds is 4. The van der Waals surface area contributed by atoms with Crippen molar-refractivity contribution in [2.75, 3.05) is 5.75 Å². The Morgan fingerprint density at radius 1 is 1.15 bits per heavy atom. The van der Waals surface area contributed by atoms with Crippen molar-refractivity contribution in [1.29, 1.82) is 0 Å². The molecule has 0 saturated heterocycles. The number of pyridine rings is 1. The van der Waals surface area contributed by atoms with Gasteiger partial charge in [0.2, 0.25) is 0 Å². The maximum atomic E-state index is 4.39. The molecule has 0 amide bonds. The maximum Gasteiger partial charge on any atom is 0.256 e. The van der Waals surface area contributed by atoms with Gasteiger partial charge in [-0.2, -0.15) is 0 Å². The summed E-state index contributed by atoms with van der Waals surface area (Å²) < 4.78 is 2.00. The number of aryl methyl sites for hydroxylation is 3. The first-order valence-corrected chi connectivity index (χ1v) is 7.43. The van der Waals surface area contributed by atoms with E-state index in [1.807, 2.05) is 41.9 Å². The quantitative estimate of drug-likeness (QED) is 0.689. The van der Waals surface area contributed by atoms with Crippen LogP contribution in [0, 0.1) is 13.8 Å². The molecule has 20 heavy (non-hydrogen) atoms. The highest BCUT2D eigenvalue weighted by atomic mass is 32.2. The number of hydrogen-bond donors (Lipinski definition) is 0. The van der Waals surface area contributed by atoms with Gasteiger partial charge in [0, 0.05) is 29.5 Å². The number of nitrogens with zero attached hydrogens (tertiary/aromatic N) is 5. The van der Waals surface area contributed by atoms with Crippen LogP contribution < -0.4 is 0 Å². The molecule has 0 unspecified atom stereocenters. The fourth-order valence-electron chi connectivity index (χ4n) is 2.10. The average molecular weight is 285 g/mol. The van der Waals surface area contributed by atoms with Gasteiger partial charge in [-0.3, -0.25) is 9.38 Å². The first kappa shape index (κ1) is 13.1. The molecule has 0 atom stereocenters. The van der Waals surface area contributed by atoms with Crippen LogP contribution in [0.1, 0.15) is 17.0 Å². The second-order valence-corrected chi connectivity index (χ2v) is 5.67. The van der Waals surface area contributed by atoms with Gasteiger partial charge in [-0.15, -0.1) is 10.2 Å². The van der Waals surface area contributed by atoms with Crippen molar-refractivity contribution >= 4 is 17.5 Å². The SMILES string of the molecule is Cc1cc(C)n2c(SCCc3ccncc3)nnc2n1. The van der Waals surface area contributed by atoms with Gasteiger partial charge in [0.1, 0.15) is 0 Å². The lowest BCUT2D eigenvalue weighted by Gasteiger charge is -2.04. The fourth-order valence-corrected chi connectivity index (χ4v) is 3.08. The second-order valence-electron chi connectivity index (χ2n) is 4.61. The molecule has 0 radical (unpaired) electrons. The molecule has 0 spiro atoms. The Kier molecular flexibility index (Phi) is 3.64. The van der Waals surface area contributed by atoms with Crippen LogP contribution in [0.2, 0.25) is 0 Å². The number of thioether (sulfide) groups is 1. The summed E-state index contributed by atoms with van der Waals surface area (Å²) in [6.45, 7) is 4.02. The maximum absolute atomic E-state index is 4.39. The third-order valence-corrected chi connectivity index (χ3v) is 3.97. The van der Waals surface area contributed by atoms with E-state index in [1.165, 1.54) is 5.56 Å². The molecular weight excluding hydrogens is 270 g/mol. The number of fused-ring (bicyclic) bond motifs is 1. The monoisotopic (exact) mass is 285 g/mol. The van der Waals surface area contributed by atoms with E-state index in [0.717, 1.165) is 28.7 Å². The molecule has 3 aromatic rings. The predicted molar refractivity (Wildman–Crippen MR) is 78.9 cm³/mol. The molecule has 0 N–H and O–H groups in total. The van der Waals surface area contributed by atoms with Gasteiger partial charge in [-0.05, 0) is 44.0 Å². The molecule has 0 aromatic carbocycles. The van der Waals surface area contributed by atoms with Crippen molar-refractivity contribution in [2.24, 2.45) is 0 Å². The Morgan fingerprint density at radius 3 is 2.75 bits per heavy atom. The van der Waals surface area contributed by atoms with E-state index < -0.39 is 0 Å². The molecule has 0 saturated carbocycles. The summed E-state index contributed by atoms with van der Waals surface area (Å²) >= 11 is 1.70. The number of hydrogen-bond acceptors (Lipinski definition) is 5. The third-order valence-electron chi connectivity index (χ3n) is 3.03. The molecule has 6 heteroatoms. The molecule has 3 rings (SSSR count). The van der Waals surface area contributed by atoms with Crippen LogP contribution in [-0.4, -0.2) is 30.3 Å². The van der Waals surface area contributed by atoms with Crippen LogP contribution in [0.4, 0.5) is 0 Å². The molecule has 3 aromatic heterocycles. The summed E-state index contributed by atoms with van der Waals surface area (Å²) in [6.07, 6.45) is 4.63. The smallest absolute Gasteiger partial charge is 0.256 e. The van der Waals surface area contributed by atoms with Crippen LogP contribution in [0.3, 0.4) is 0 Å². The lowest BCUT2D eigenvalue weighted by atomic mass is 10.2. The molecule has 0 fully saturated rings. The number of aromatic nitrogens is 5. The van der Waals surface area contributed by atoms with Gasteiger partial charge in [0.15, 0.2) is 5.16 Å². The van der Waals surface area contributed by atoms with Crippen LogP contribution >= 0.6 is 11.8 Å². The normalized spacial score (nSPS) is 11.1. The van der Waals surface area contributed by atoms with E-state index in [4.69, 9.17) is 0 Å². The Morgan fingerprint density at radius 2 is 1.95 bits per heavy atom. The zero-order valence-electron chi connectivity index (χ0n) is 11.4. The van der Waals surface area contributed by atoms with E-state index in [2.05, 4.69) is 27.1 Å². The van der Waals surface area contributed by atoms with Gasteiger partial charge < -0.3 is 0 Å². The Hall–Kier alpha value is -1.95. The zero-order chi connectivity index (χ0) is 13.9. The molecule has 102 valence electrons. The standard InChI is InChI=1S/C14H15N5S/c1-10-9-11(2)19-13(16-10)17-18-14(19)20-8-5-12-3-6-15-7-4-12/h3-4,6-7,9H,5,8H2,1-2H3. The molecule has 0 aliphatic heterocycles. The molecule has 5 nitrogen and oxygen atoms in total. The lowest BCUT2D eigenvalue weighted by Crippen LogP contribution is -1.98. The van der Waals surface area contributed by atoms with Crippen LogP contribution in [0.25, 0.3) is 5.78 Å². The topological polar surface area (TPSA) is 56.0 Å². The van der Waals surface area contributed by atoms with E-state index in [0.29, 0.717) is 5.78 Å². The summed E-state index contributed by atoms with van der Waals surface area (Å²) in [5.41, 5.74) is 3.37. The Labute approximate surface area is 121 Å². The largest absolute Gasteiger partial charge is 0.265 e. The van der Waals surface area contributed by atoms with Crippen LogP contribution in [-0.2, 0) is 6.42 Å². The van der Waals surface area contributed by atoms with Gasteiger partial charge in [0.25, 0.3) is 5.78 Å². The molecular formula is C14H15N5S. The van der Waals surface area contributed by atoms with E-state index in [1.54, 1.807) is 11.8 Å². The minimum atomic E-state index is 0.675. The minimum absolute atomic E-state index is 0.675.